The zero-order chi connectivity index (χ0) is 17.8. The number of hydrogen-bond acceptors (Lipinski definition) is 5. The molecule has 3 aromatic rings. The maximum atomic E-state index is 12.2. The standard InChI is InChI=1S/C18H19N5O2/c1-11(2)15-10-16(23-25)21-17(20-15)22-18(24)19-14-8-7-12-5-3-4-6-13(12)9-14/h3-11,25H,1-2H3,(H3,19,20,21,22,23,24). The number of fused-ring (bicyclic) bond motifs is 1. The molecule has 1 heterocycles. The van der Waals surface area contributed by atoms with E-state index in [0.29, 0.717) is 11.4 Å². The van der Waals surface area contributed by atoms with Crippen molar-refractivity contribution in [2.75, 3.05) is 16.1 Å². The molecular formula is C18H19N5O2. The molecular weight excluding hydrogens is 318 g/mol. The van der Waals surface area contributed by atoms with Crippen molar-refractivity contribution in [3.63, 3.8) is 0 Å². The number of carbonyl (C=O) groups excluding carboxylic acids is 1. The molecule has 0 atom stereocenters. The van der Waals surface area contributed by atoms with Crippen molar-refractivity contribution < 1.29 is 10.0 Å². The monoisotopic (exact) mass is 337 g/mol. The van der Waals surface area contributed by atoms with E-state index in [2.05, 4.69) is 20.6 Å². The Hall–Kier alpha value is -3.19. The van der Waals surface area contributed by atoms with E-state index in [0.717, 1.165) is 10.8 Å². The summed E-state index contributed by atoms with van der Waals surface area (Å²) >= 11 is 0. The first-order valence-corrected chi connectivity index (χ1v) is 7.91. The van der Waals surface area contributed by atoms with Crippen LogP contribution in [0.5, 0.6) is 0 Å². The molecule has 2 aromatic carbocycles. The first kappa shape index (κ1) is 16.7. The Kier molecular flexibility index (Phi) is 4.76. The lowest BCUT2D eigenvalue weighted by molar-refractivity contribution is 0.262. The highest BCUT2D eigenvalue weighted by atomic mass is 16.5. The van der Waals surface area contributed by atoms with Crippen LogP contribution in [-0.4, -0.2) is 21.2 Å². The Labute approximate surface area is 145 Å². The van der Waals surface area contributed by atoms with Gasteiger partial charge in [0.25, 0.3) is 0 Å². The molecule has 0 saturated carbocycles. The molecule has 0 aliphatic carbocycles. The number of amides is 2. The van der Waals surface area contributed by atoms with Crippen LogP contribution in [0.3, 0.4) is 0 Å². The maximum absolute atomic E-state index is 12.2. The van der Waals surface area contributed by atoms with E-state index in [-0.39, 0.29) is 17.7 Å². The van der Waals surface area contributed by atoms with E-state index in [1.54, 1.807) is 6.07 Å². The Bertz CT molecular complexity index is 911. The topological polar surface area (TPSA) is 99.2 Å². The summed E-state index contributed by atoms with van der Waals surface area (Å²) in [5.41, 5.74) is 3.35. The molecule has 0 aliphatic rings. The van der Waals surface area contributed by atoms with Crippen LogP contribution in [0.1, 0.15) is 25.5 Å². The van der Waals surface area contributed by atoms with Crippen LogP contribution >= 0.6 is 0 Å². The lowest BCUT2D eigenvalue weighted by atomic mass is 10.1. The number of aromatic nitrogens is 2. The largest absolute Gasteiger partial charge is 0.326 e. The van der Waals surface area contributed by atoms with Gasteiger partial charge in [0.2, 0.25) is 5.95 Å². The van der Waals surface area contributed by atoms with Gasteiger partial charge in [-0.15, -0.1) is 0 Å². The summed E-state index contributed by atoms with van der Waals surface area (Å²) in [6.45, 7) is 3.92. The zero-order valence-corrected chi connectivity index (χ0v) is 13.9. The zero-order valence-electron chi connectivity index (χ0n) is 13.9. The average molecular weight is 337 g/mol. The number of urea groups is 1. The van der Waals surface area contributed by atoms with Crippen molar-refractivity contribution >= 4 is 34.3 Å². The Balaban J connectivity index is 1.76. The van der Waals surface area contributed by atoms with E-state index in [1.807, 2.05) is 61.8 Å². The molecule has 3 rings (SSSR count). The van der Waals surface area contributed by atoms with E-state index in [4.69, 9.17) is 5.21 Å². The van der Waals surface area contributed by atoms with Crippen LogP contribution in [0.4, 0.5) is 22.2 Å². The SMILES string of the molecule is CC(C)c1cc(NO)nc(NC(=O)Nc2ccc3ccccc3c2)n1. The third kappa shape index (κ3) is 4.02. The predicted molar refractivity (Wildman–Crippen MR) is 98.1 cm³/mol. The molecule has 7 heteroatoms. The fourth-order valence-corrected chi connectivity index (χ4v) is 2.41. The number of anilines is 3. The third-order valence-electron chi connectivity index (χ3n) is 3.68. The second-order valence-corrected chi connectivity index (χ2v) is 5.91. The molecule has 0 spiro atoms. The van der Waals surface area contributed by atoms with Gasteiger partial charge in [-0.2, -0.15) is 4.98 Å². The van der Waals surface area contributed by atoms with E-state index >= 15 is 0 Å². The number of nitrogens with zero attached hydrogens (tertiary/aromatic N) is 2. The summed E-state index contributed by atoms with van der Waals surface area (Å²) in [4.78, 5) is 20.5. The molecule has 128 valence electrons. The van der Waals surface area contributed by atoms with Crippen LogP contribution in [0.25, 0.3) is 10.8 Å². The number of carbonyl (C=O) groups is 1. The maximum Gasteiger partial charge on any atom is 0.326 e. The molecule has 25 heavy (non-hydrogen) atoms. The van der Waals surface area contributed by atoms with Gasteiger partial charge in [-0.25, -0.2) is 9.78 Å². The second-order valence-electron chi connectivity index (χ2n) is 5.91. The summed E-state index contributed by atoms with van der Waals surface area (Å²) in [5, 5.41) is 16.5. The van der Waals surface area contributed by atoms with Crippen molar-refractivity contribution in [3.8, 4) is 0 Å². The minimum absolute atomic E-state index is 0.112. The Morgan fingerprint density at radius 2 is 1.76 bits per heavy atom. The number of nitrogens with one attached hydrogen (secondary N) is 3. The molecule has 0 unspecified atom stereocenters. The summed E-state index contributed by atoms with van der Waals surface area (Å²) < 4.78 is 0. The minimum Gasteiger partial charge on any atom is -0.308 e. The van der Waals surface area contributed by atoms with Gasteiger partial charge in [-0.3, -0.25) is 16.0 Å². The molecule has 2 amide bonds. The first-order valence-electron chi connectivity index (χ1n) is 7.91. The molecule has 0 bridgehead atoms. The van der Waals surface area contributed by atoms with Gasteiger partial charge < -0.3 is 5.32 Å². The van der Waals surface area contributed by atoms with Crippen LogP contribution in [0, 0.1) is 0 Å². The van der Waals surface area contributed by atoms with Gasteiger partial charge in [0.15, 0.2) is 5.82 Å². The number of rotatable bonds is 4. The van der Waals surface area contributed by atoms with Gasteiger partial charge >= 0.3 is 6.03 Å². The molecule has 4 N–H and O–H groups in total. The first-order chi connectivity index (χ1) is 12.0. The summed E-state index contributed by atoms with van der Waals surface area (Å²) in [6.07, 6.45) is 0. The van der Waals surface area contributed by atoms with Crippen LogP contribution in [-0.2, 0) is 0 Å². The lowest BCUT2D eigenvalue weighted by Gasteiger charge is -2.11. The molecule has 7 nitrogen and oxygen atoms in total. The normalized spacial score (nSPS) is 10.7. The lowest BCUT2D eigenvalue weighted by Crippen LogP contribution is -2.21. The second kappa shape index (κ2) is 7.14. The van der Waals surface area contributed by atoms with Crippen molar-refractivity contribution in [3.05, 3.63) is 54.2 Å². The van der Waals surface area contributed by atoms with Gasteiger partial charge in [-0.1, -0.05) is 44.2 Å². The highest BCUT2D eigenvalue weighted by Crippen LogP contribution is 2.20. The average Bonchev–Trinajstić information content (AvgIpc) is 2.61. The fourth-order valence-electron chi connectivity index (χ4n) is 2.41. The molecule has 0 aliphatic heterocycles. The molecule has 0 saturated heterocycles. The summed E-state index contributed by atoms with van der Waals surface area (Å²) in [6, 6.07) is 14.7. The van der Waals surface area contributed by atoms with E-state index in [1.165, 1.54) is 0 Å². The minimum atomic E-state index is -0.458. The van der Waals surface area contributed by atoms with Crippen molar-refractivity contribution in [2.24, 2.45) is 0 Å². The van der Waals surface area contributed by atoms with Gasteiger partial charge in [0.05, 0.1) is 5.69 Å². The fraction of sp³-hybridized carbons (Fsp3) is 0.167. The highest BCUT2D eigenvalue weighted by Gasteiger charge is 2.10. The van der Waals surface area contributed by atoms with Gasteiger partial charge in [-0.05, 0) is 28.8 Å². The van der Waals surface area contributed by atoms with Crippen LogP contribution in [0.2, 0.25) is 0 Å². The number of hydrogen-bond donors (Lipinski definition) is 4. The van der Waals surface area contributed by atoms with Crippen molar-refractivity contribution in [2.45, 2.75) is 19.8 Å². The van der Waals surface area contributed by atoms with E-state index < -0.39 is 6.03 Å². The van der Waals surface area contributed by atoms with Crippen LogP contribution < -0.4 is 16.1 Å². The predicted octanol–water partition coefficient (Wildman–Crippen LogP) is 4.20. The molecule has 1 aromatic heterocycles. The highest BCUT2D eigenvalue weighted by molar-refractivity contribution is 6.00. The summed E-state index contributed by atoms with van der Waals surface area (Å²) in [7, 11) is 0. The molecule has 0 radical (unpaired) electrons. The van der Waals surface area contributed by atoms with E-state index in [9.17, 15) is 4.79 Å². The third-order valence-corrected chi connectivity index (χ3v) is 3.68. The molecule has 0 fully saturated rings. The smallest absolute Gasteiger partial charge is 0.308 e. The van der Waals surface area contributed by atoms with Crippen LogP contribution in [0.15, 0.2) is 48.5 Å². The van der Waals surface area contributed by atoms with Crippen molar-refractivity contribution in [1.82, 2.24) is 9.97 Å². The number of benzene rings is 2. The summed E-state index contributed by atoms with van der Waals surface area (Å²) in [5.74, 6) is 0.458. The van der Waals surface area contributed by atoms with Gasteiger partial charge in [0, 0.05) is 11.8 Å². The Morgan fingerprint density at radius 3 is 2.48 bits per heavy atom. The van der Waals surface area contributed by atoms with Crippen molar-refractivity contribution in [1.29, 1.82) is 0 Å². The Morgan fingerprint density at radius 1 is 1.00 bits per heavy atom. The van der Waals surface area contributed by atoms with Gasteiger partial charge in [0.1, 0.15) is 0 Å². The quantitative estimate of drug-likeness (QED) is 0.535.